The smallest absolute Gasteiger partial charge is 0.308 e. The summed E-state index contributed by atoms with van der Waals surface area (Å²) < 4.78 is 16.8. The number of carbonyl (C=O) groups is 2. The van der Waals surface area contributed by atoms with Gasteiger partial charge in [0, 0.05) is 30.8 Å². The van der Waals surface area contributed by atoms with Crippen LogP contribution in [0, 0.1) is 5.92 Å². The quantitative estimate of drug-likeness (QED) is 0.315. The molecule has 1 saturated carbocycles. The molecule has 1 aromatic rings. The van der Waals surface area contributed by atoms with Crippen LogP contribution in [0.2, 0.25) is 0 Å². The molecule has 3 rings (SSSR count). The summed E-state index contributed by atoms with van der Waals surface area (Å²) in [6, 6.07) is 7.73. The van der Waals surface area contributed by atoms with Crippen molar-refractivity contribution in [2.45, 2.75) is 70.2 Å². The lowest BCUT2D eigenvalue weighted by Crippen LogP contribution is -2.48. The summed E-state index contributed by atoms with van der Waals surface area (Å²) >= 11 is 0. The molecule has 0 saturated heterocycles. The van der Waals surface area contributed by atoms with E-state index in [1.807, 2.05) is 53.0 Å². The largest absolute Gasteiger partial charge is 0.502 e. The standard InChI is InChI=1S/C28H39B2N2O5P/c1-18-7-5-6-8-19(2)31-26(14-9-18)32(22-10-12-24(13-11-22)37-28(29,30)38)23-15-21(27(34)35-4)16-25(17-23)36-20(3)33/h7-14,21,23,25H,5-6,15-17,29-30,38H2,1-4H3/b14-9-,18-7+,19-8+,31-26+/t21-,23+,25-/m0/s1. The van der Waals surface area contributed by atoms with Crippen molar-refractivity contribution in [2.24, 2.45) is 10.9 Å². The number of benzene rings is 1. The predicted molar refractivity (Wildman–Crippen MR) is 161 cm³/mol. The van der Waals surface area contributed by atoms with Crippen molar-refractivity contribution < 1.29 is 23.8 Å². The van der Waals surface area contributed by atoms with E-state index < -0.39 is 17.2 Å². The van der Waals surface area contributed by atoms with E-state index in [0.717, 1.165) is 41.4 Å². The number of hydrogen-bond donors (Lipinski definition) is 0. The number of methoxy groups -OCH3 is 1. The van der Waals surface area contributed by atoms with E-state index in [4.69, 9.17) is 19.2 Å². The molecule has 0 amide bonds. The molecule has 4 atom stereocenters. The number of amidine groups is 1. The maximum atomic E-state index is 12.7. The van der Waals surface area contributed by atoms with E-state index in [9.17, 15) is 9.59 Å². The fraction of sp³-hybridized carbons (Fsp3) is 0.464. The third-order valence-electron chi connectivity index (χ3n) is 6.47. The maximum absolute atomic E-state index is 12.7. The number of anilines is 1. The second-order valence-electron chi connectivity index (χ2n) is 10.6. The first-order chi connectivity index (χ1) is 17.9. The van der Waals surface area contributed by atoms with E-state index in [1.165, 1.54) is 14.0 Å². The first kappa shape index (κ1) is 29.8. The van der Waals surface area contributed by atoms with Crippen LogP contribution >= 0.6 is 9.24 Å². The van der Waals surface area contributed by atoms with Crippen LogP contribution in [0.1, 0.15) is 52.9 Å². The van der Waals surface area contributed by atoms with Crippen LogP contribution < -0.4 is 9.64 Å². The molecular weight excluding hydrogens is 497 g/mol. The zero-order valence-electron chi connectivity index (χ0n) is 23.4. The van der Waals surface area contributed by atoms with Gasteiger partial charge in [0.15, 0.2) is 15.7 Å². The summed E-state index contributed by atoms with van der Waals surface area (Å²) in [7, 11) is 8.04. The number of nitrogens with zero attached hydrogens (tertiary/aromatic N) is 2. The molecule has 0 aromatic heterocycles. The number of ether oxygens (including phenoxy) is 3. The van der Waals surface area contributed by atoms with Crippen molar-refractivity contribution in [1.82, 2.24) is 0 Å². The van der Waals surface area contributed by atoms with Gasteiger partial charge in [-0.1, -0.05) is 23.8 Å². The first-order valence-corrected chi connectivity index (χ1v) is 13.8. The maximum Gasteiger partial charge on any atom is 0.308 e. The highest BCUT2D eigenvalue weighted by molar-refractivity contribution is 7.25. The molecule has 1 unspecified atom stereocenters. The Morgan fingerprint density at radius 1 is 1.05 bits per heavy atom. The molecule has 1 heterocycles. The van der Waals surface area contributed by atoms with Crippen LogP contribution in [-0.2, 0) is 19.1 Å². The number of rotatable bonds is 6. The zero-order valence-corrected chi connectivity index (χ0v) is 24.6. The van der Waals surface area contributed by atoms with Gasteiger partial charge in [-0.15, -0.1) is 9.24 Å². The minimum atomic E-state index is -0.402. The summed E-state index contributed by atoms with van der Waals surface area (Å²) in [5.41, 5.74) is 2.99. The highest BCUT2D eigenvalue weighted by Gasteiger charge is 2.39. The average molecular weight is 536 g/mol. The van der Waals surface area contributed by atoms with Crippen LogP contribution in [0.25, 0.3) is 0 Å². The Morgan fingerprint density at radius 2 is 1.74 bits per heavy atom. The highest BCUT2D eigenvalue weighted by Crippen LogP contribution is 2.35. The molecule has 1 aromatic carbocycles. The van der Waals surface area contributed by atoms with Crippen molar-refractivity contribution in [3.63, 3.8) is 0 Å². The molecule has 2 aliphatic rings. The molecular formula is C28H39B2N2O5P. The van der Waals surface area contributed by atoms with Crippen LogP contribution in [0.15, 0.2) is 64.8 Å². The molecule has 0 spiro atoms. The zero-order chi connectivity index (χ0) is 27.9. The van der Waals surface area contributed by atoms with Gasteiger partial charge in [-0.05, 0) is 69.9 Å². The van der Waals surface area contributed by atoms with Crippen LogP contribution in [0.5, 0.6) is 5.75 Å². The molecule has 1 aliphatic carbocycles. The Labute approximate surface area is 230 Å². The van der Waals surface area contributed by atoms with Gasteiger partial charge in [-0.25, -0.2) is 4.99 Å². The fourth-order valence-electron chi connectivity index (χ4n) is 4.92. The topological polar surface area (TPSA) is 77.4 Å². The molecule has 1 fully saturated rings. The van der Waals surface area contributed by atoms with E-state index in [1.54, 1.807) is 0 Å². The SMILES string of the molecule is BC(B)(P)Oc1ccc(N(C2=N/C(C)=C/CC/C=C(C)/C=C\2)[C@H]2C[C@@H](OC(C)=O)C[C@@H](C(=O)OC)C2)cc1. The highest BCUT2D eigenvalue weighted by atomic mass is 31.0. The summed E-state index contributed by atoms with van der Waals surface area (Å²) in [6.07, 6.45) is 11.5. The molecule has 10 heteroatoms. The lowest BCUT2D eigenvalue weighted by Gasteiger charge is -2.41. The molecule has 0 radical (unpaired) electrons. The van der Waals surface area contributed by atoms with Gasteiger partial charge < -0.3 is 19.1 Å². The monoisotopic (exact) mass is 536 g/mol. The van der Waals surface area contributed by atoms with Gasteiger partial charge in [0.2, 0.25) is 0 Å². The second kappa shape index (κ2) is 13.3. The number of allylic oxidation sites excluding steroid dienone is 5. The van der Waals surface area contributed by atoms with Gasteiger partial charge in [0.25, 0.3) is 0 Å². The van der Waals surface area contributed by atoms with Gasteiger partial charge in [0.05, 0.1) is 18.2 Å². The van der Waals surface area contributed by atoms with Crippen LogP contribution in [0.4, 0.5) is 5.69 Å². The van der Waals surface area contributed by atoms with Gasteiger partial charge >= 0.3 is 11.9 Å². The summed E-state index contributed by atoms with van der Waals surface area (Å²) in [5, 5.41) is -0.398. The third-order valence-corrected chi connectivity index (χ3v) is 6.59. The number of hydrogen-bond acceptors (Lipinski definition) is 7. The Bertz CT molecular complexity index is 1130. The molecule has 1 aliphatic heterocycles. The van der Waals surface area contributed by atoms with Crippen molar-refractivity contribution in [1.29, 1.82) is 0 Å². The van der Waals surface area contributed by atoms with Gasteiger partial charge in [0.1, 0.15) is 17.7 Å². The number of aliphatic imine (C=N–C) groups is 1. The Morgan fingerprint density at radius 3 is 2.37 bits per heavy atom. The normalized spacial score (nSPS) is 27.3. The number of esters is 2. The predicted octanol–water partition coefficient (Wildman–Crippen LogP) is 3.50. The lowest BCUT2D eigenvalue weighted by atomic mass is 9.80. The van der Waals surface area contributed by atoms with Crippen molar-refractivity contribution >= 4 is 48.4 Å². The Balaban J connectivity index is 2.10. The van der Waals surface area contributed by atoms with Crippen molar-refractivity contribution in [3.8, 4) is 5.75 Å². The fourth-order valence-corrected chi connectivity index (χ4v) is 5.06. The molecule has 0 N–H and O–H groups in total. The molecule has 38 heavy (non-hydrogen) atoms. The van der Waals surface area contributed by atoms with E-state index in [0.29, 0.717) is 19.3 Å². The minimum Gasteiger partial charge on any atom is -0.502 e. The van der Waals surface area contributed by atoms with Gasteiger partial charge in [-0.3, -0.25) is 9.59 Å². The lowest BCUT2D eigenvalue weighted by molar-refractivity contribution is -0.155. The molecule has 0 bridgehead atoms. The van der Waals surface area contributed by atoms with Crippen molar-refractivity contribution in [3.05, 3.63) is 59.8 Å². The second-order valence-corrected chi connectivity index (χ2v) is 11.9. The third kappa shape index (κ3) is 8.90. The number of carbonyl (C=O) groups excluding carboxylic acids is 2. The Kier molecular flexibility index (Phi) is 10.4. The summed E-state index contributed by atoms with van der Waals surface area (Å²) in [4.78, 5) is 31.7. The summed E-state index contributed by atoms with van der Waals surface area (Å²) in [6.45, 7) is 5.48. The minimum absolute atomic E-state index is 0.162. The first-order valence-electron chi connectivity index (χ1n) is 13.2. The van der Waals surface area contributed by atoms with Gasteiger partial charge in [-0.2, -0.15) is 0 Å². The average Bonchev–Trinajstić information content (AvgIpc) is 2.84. The molecule has 7 nitrogen and oxygen atoms in total. The van der Waals surface area contributed by atoms with Crippen molar-refractivity contribution in [2.75, 3.05) is 12.0 Å². The molecule has 202 valence electrons. The van der Waals surface area contributed by atoms with E-state index >= 15 is 0 Å². The van der Waals surface area contributed by atoms with Crippen LogP contribution in [0.3, 0.4) is 0 Å². The summed E-state index contributed by atoms with van der Waals surface area (Å²) in [5.74, 6) is 0.458. The van der Waals surface area contributed by atoms with E-state index in [2.05, 4.69) is 39.3 Å². The van der Waals surface area contributed by atoms with E-state index in [-0.39, 0.29) is 18.0 Å². The Hall–Kier alpha value is -2.79. The van der Waals surface area contributed by atoms with Crippen LogP contribution in [-0.4, -0.2) is 57.9 Å².